The number of nitrogens with zero attached hydrogens (tertiary/aromatic N) is 2. The number of alkyl halides is 3. The molecule has 32 heavy (non-hydrogen) atoms. The predicted molar refractivity (Wildman–Crippen MR) is 112 cm³/mol. The van der Waals surface area contributed by atoms with Gasteiger partial charge in [-0.2, -0.15) is 13.2 Å². The summed E-state index contributed by atoms with van der Waals surface area (Å²) in [7, 11) is 1.43. The molecular weight excluding hydrogens is 428 g/mol. The van der Waals surface area contributed by atoms with E-state index < -0.39 is 34.5 Å². The van der Waals surface area contributed by atoms with Crippen LogP contribution in [-0.2, 0) is 12.7 Å². The zero-order valence-corrected chi connectivity index (χ0v) is 17.7. The highest BCUT2D eigenvalue weighted by molar-refractivity contribution is 5.67. The second-order valence-electron chi connectivity index (χ2n) is 7.55. The molecule has 0 bridgehead atoms. The molecule has 6 nitrogen and oxygen atoms in total. The minimum absolute atomic E-state index is 0.0292. The van der Waals surface area contributed by atoms with Crippen molar-refractivity contribution in [2.45, 2.75) is 26.6 Å². The number of rotatable bonds is 7. The molecule has 0 amide bonds. The fourth-order valence-corrected chi connectivity index (χ4v) is 3.10. The smallest absolute Gasteiger partial charge is 0.417 e. The third-order valence-corrected chi connectivity index (χ3v) is 4.62. The Bertz CT molecular complexity index is 1140. The minimum Gasteiger partial charge on any atom is -0.481 e. The van der Waals surface area contributed by atoms with Gasteiger partial charge < -0.3 is 15.0 Å². The number of aromatic nitrogens is 3. The fraction of sp³-hybridized carbons (Fsp3) is 0.318. The van der Waals surface area contributed by atoms with Crippen LogP contribution in [0.4, 0.5) is 17.6 Å². The van der Waals surface area contributed by atoms with Crippen LogP contribution in [0.5, 0.6) is 5.88 Å². The number of H-pyrrole nitrogens is 1. The van der Waals surface area contributed by atoms with Crippen molar-refractivity contribution in [2.24, 2.45) is 5.92 Å². The molecule has 0 saturated carbocycles. The summed E-state index contributed by atoms with van der Waals surface area (Å²) < 4.78 is 61.3. The Morgan fingerprint density at radius 2 is 1.94 bits per heavy atom. The van der Waals surface area contributed by atoms with Crippen LogP contribution in [-0.4, -0.2) is 28.6 Å². The number of pyridine rings is 1. The van der Waals surface area contributed by atoms with Gasteiger partial charge in [-0.1, -0.05) is 19.9 Å². The van der Waals surface area contributed by atoms with Gasteiger partial charge in [0.1, 0.15) is 11.6 Å². The van der Waals surface area contributed by atoms with Gasteiger partial charge in [-0.3, -0.25) is 4.79 Å². The Morgan fingerprint density at radius 1 is 1.19 bits per heavy atom. The summed E-state index contributed by atoms with van der Waals surface area (Å²) in [6.07, 6.45) is -3.49. The Kier molecular flexibility index (Phi) is 6.93. The largest absolute Gasteiger partial charge is 0.481 e. The van der Waals surface area contributed by atoms with E-state index in [1.807, 2.05) is 13.8 Å². The molecule has 0 aliphatic heterocycles. The van der Waals surface area contributed by atoms with Crippen molar-refractivity contribution in [2.75, 3.05) is 13.7 Å². The number of hydrogen-bond acceptors (Lipinski definition) is 5. The molecule has 0 spiro atoms. The molecule has 0 atom stereocenters. The molecule has 2 heterocycles. The molecule has 0 aliphatic carbocycles. The first-order chi connectivity index (χ1) is 15.1. The Labute approximate surface area is 181 Å². The zero-order valence-electron chi connectivity index (χ0n) is 17.7. The first-order valence-corrected chi connectivity index (χ1v) is 9.81. The summed E-state index contributed by atoms with van der Waals surface area (Å²) in [6.45, 7) is 4.50. The minimum atomic E-state index is -4.85. The van der Waals surface area contributed by atoms with E-state index >= 15 is 4.39 Å². The second kappa shape index (κ2) is 9.47. The molecule has 3 aromatic rings. The van der Waals surface area contributed by atoms with Gasteiger partial charge >= 0.3 is 6.18 Å². The number of halogens is 4. The van der Waals surface area contributed by atoms with E-state index in [0.717, 1.165) is 18.2 Å². The summed E-state index contributed by atoms with van der Waals surface area (Å²) in [6, 6.07) is 6.05. The summed E-state index contributed by atoms with van der Waals surface area (Å²) in [5.74, 6) is -1.02. The van der Waals surface area contributed by atoms with Gasteiger partial charge in [0.2, 0.25) is 5.88 Å². The molecule has 170 valence electrons. The number of methoxy groups -OCH3 is 1. The molecule has 0 saturated heterocycles. The maximum absolute atomic E-state index is 15.3. The standard InChI is InChI=1S/C22H22F4N4O2/c1-12(2)9-27-10-14-4-6-15(22(24,25)26)19(20(14)23)21-29-16(8-17(31)30-21)13-5-7-18(32-3)28-11-13/h4-8,11-12,27H,9-10H2,1-3H3,(H,29,30,31). The first kappa shape index (κ1) is 23.4. The van der Waals surface area contributed by atoms with Crippen molar-refractivity contribution in [3.63, 3.8) is 0 Å². The second-order valence-corrected chi connectivity index (χ2v) is 7.55. The van der Waals surface area contributed by atoms with Crippen molar-refractivity contribution in [3.05, 3.63) is 63.8 Å². The molecule has 1 aromatic carbocycles. The lowest BCUT2D eigenvalue weighted by Crippen LogP contribution is -2.21. The molecule has 0 aliphatic rings. The molecule has 0 unspecified atom stereocenters. The van der Waals surface area contributed by atoms with Gasteiger partial charge in [0, 0.05) is 36.0 Å². The fourth-order valence-electron chi connectivity index (χ4n) is 3.10. The maximum Gasteiger partial charge on any atom is 0.417 e. The van der Waals surface area contributed by atoms with E-state index in [4.69, 9.17) is 4.74 Å². The molecular formula is C22H22F4N4O2. The van der Waals surface area contributed by atoms with Crippen LogP contribution in [0.25, 0.3) is 22.6 Å². The van der Waals surface area contributed by atoms with E-state index in [1.165, 1.54) is 19.4 Å². The molecule has 0 radical (unpaired) electrons. The summed E-state index contributed by atoms with van der Waals surface area (Å²) in [5.41, 5.74) is -2.31. The quantitative estimate of drug-likeness (QED) is 0.522. The van der Waals surface area contributed by atoms with Crippen molar-refractivity contribution >= 4 is 0 Å². The van der Waals surface area contributed by atoms with Gasteiger partial charge in [0.05, 0.1) is 23.9 Å². The van der Waals surface area contributed by atoms with Crippen LogP contribution in [0.1, 0.15) is 25.0 Å². The number of ether oxygens (including phenoxy) is 1. The monoisotopic (exact) mass is 450 g/mol. The predicted octanol–water partition coefficient (Wildman–Crippen LogP) is 4.41. The SMILES string of the molecule is COc1ccc(-c2cc(=O)[nH]c(-c3c(C(F)(F)F)ccc(CNCC(C)C)c3F)n2)cn1. The van der Waals surface area contributed by atoms with E-state index in [2.05, 4.69) is 20.3 Å². The van der Waals surface area contributed by atoms with Crippen LogP contribution in [0.2, 0.25) is 0 Å². The van der Waals surface area contributed by atoms with E-state index in [1.54, 1.807) is 6.07 Å². The number of hydrogen-bond donors (Lipinski definition) is 2. The molecule has 10 heteroatoms. The lowest BCUT2D eigenvalue weighted by atomic mass is 10.0. The van der Waals surface area contributed by atoms with Gasteiger partial charge in [0.25, 0.3) is 5.56 Å². The highest BCUT2D eigenvalue weighted by atomic mass is 19.4. The average Bonchev–Trinajstić information content (AvgIpc) is 2.73. The third-order valence-electron chi connectivity index (χ3n) is 4.62. The molecule has 2 aromatic heterocycles. The van der Waals surface area contributed by atoms with Crippen LogP contribution in [0, 0.1) is 11.7 Å². The highest BCUT2D eigenvalue weighted by Crippen LogP contribution is 2.38. The van der Waals surface area contributed by atoms with Crippen LogP contribution < -0.4 is 15.6 Å². The van der Waals surface area contributed by atoms with Crippen LogP contribution in [0.15, 0.2) is 41.3 Å². The van der Waals surface area contributed by atoms with E-state index in [9.17, 15) is 18.0 Å². The van der Waals surface area contributed by atoms with Gasteiger partial charge in [-0.05, 0) is 24.6 Å². The Morgan fingerprint density at radius 3 is 2.53 bits per heavy atom. The molecule has 3 rings (SSSR count). The third kappa shape index (κ3) is 5.31. The van der Waals surface area contributed by atoms with Crippen LogP contribution >= 0.6 is 0 Å². The number of nitrogens with one attached hydrogen (secondary N) is 2. The van der Waals surface area contributed by atoms with E-state index in [0.29, 0.717) is 18.0 Å². The number of benzene rings is 1. The maximum atomic E-state index is 15.3. The zero-order chi connectivity index (χ0) is 23.5. The summed E-state index contributed by atoms with van der Waals surface area (Å²) >= 11 is 0. The first-order valence-electron chi connectivity index (χ1n) is 9.81. The molecule has 0 fully saturated rings. The van der Waals surface area contributed by atoms with Gasteiger partial charge in [0.15, 0.2) is 0 Å². The lowest BCUT2D eigenvalue weighted by molar-refractivity contribution is -0.137. The van der Waals surface area contributed by atoms with E-state index in [-0.39, 0.29) is 23.7 Å². The van der Waals surface area contributed by atoms with Gasteiger partial charge in [-0.25, -0.2) is 14.4 Å². The number of aromatic amines is 1. The lowest BCUT2D eigenvalue weighted by Gasteiger charge is -2.17. The average molecular weight is 450 g/mol. The van der Waals surface area contributed by atoms with Crippen LogP contribution in [0.3, 0.4) is 0 Å². The van der Waals surface area contributed by atoms with Crippen molar-refractivity contribution < 1.29 is 22.3 Å². The Balaban J connectivity index is 2.14. The van der Waals surface area contributed by atoms with Crippen molar-refractivity contribution in [3.8, 4) is 28.5 Å². The summed E-state index contributed by atoms with van der Waals surface area (Å²) in [4.78, 5) is 22.6. The van der Waals surface area contributed by atoms with Gasteiger partial charge in [-0.15, -0.1) is 0 Å². The van der Waals surface area contributed by atoms with Crippen molar-refractivity contribution in [1.82, 2.24) is 20.3 Å². The molecule has 2 N–H and O–H groups in total. The normalized spacial score (nSPS) is 11.8. The summed E-state index contributed by atoms with van der Waals surface area (Å²) in [5, 5.41) is 3.00. The topological polar surface area (TPSA) is 79.9 Å². The highest BCUT2D eigenvalue weighted by Gasteiger charge is 2.36. The Hall–Kier alpha value is -3.27. The van der Waals surface area contributed by atoms with Crippen molar-refractivity contribution in [1.29, 1.82) is 0 Å².